The quantitative estimate of drug-likeness (QED) is 0.179. The van der Waals surface area contributed by atoms with Crippen LogP contribution < -0.4 is 5.32 Å². The number of nitrogens with zero attached hydrogens (tertiary/aromatic N) is 1. The summed E-state index contributed by atoms with van der Waals surface area (Å²) in [5.41, 5.74) is -3.72. The molecule has 1 aromatic heterocycles. The van der Waals surface area contributed by atoms with Crippen LogP contribution >= 0.6 is 11.3 Å². The third-order valence-electron chi connectivity index (χ3n) is 9.64. The van der Waals surface area contributed by atoms with Crippen molar-refractivity contribution in [1.29, 1.82) is 0 Å². The molecule has 2 aliphatic heterocycles. The fourth-order valence-corrected chi connectivity index (χ4v) is 7.75. The van der Waals surface area contributed by atoms with Crippen LogP contribution in [0.25, 0.3) is 0 Å². The SMILES string of the molecule is CCO[C@@H](c1ccccc1)[C@]1(CCc2ccc(F)s2)CCN(C(C)(C)C2=CNC(C)(C(C(=O)O)C(O)(CC(=O)O)C(=O)O)C=C2)C1. The monoisotopic (exact) mass is 658 g/mol. The Labute approximate surface area is 272 Å². The summed E-state index contributed by atoms with van der Waals surface area (Å²) in [6.07, 6.45) is 5.59. The summed E-state index contributed by atoms with van der Waals surface area (Å²) in [7, 11) is 0. The number of carboxylic acid groups (broad SMARTS) is 3. The molecule has 2 aliphatic rings. The molecule has 10 nitrogen and oxygen atoms in total. The van der Waals surface area contributed by atoms with Crippen LogP contribution in [0.1, 0.15) is 63.5 Å². The fourth-order valence-electron chi connectivity index (χ4n) is 7.03. The molecule has 4 rings (SSSR count). The molecule has 0 radical (unpaired) electrons. The molecule has 0 amide bonds. The Morgan fingerprint density at radius 3 is 2.35 bits per heavy atom. The van der Waals surface area contributed by atoms with E-state index in [1.807, 2.05) is 45.0 Å². The van der Waals surface area contributed by atoms with Gasteiger partial charge in [0, 0.05) is 35.2 Å². The van der Waals surface area contributed by atoms with Crippen LogP contribution in [0.15, 0.2) is 66.4 Å². The number of aryl methyl sites for hydroxylation is 1. The molecule has 0 aliphatic carbocycles. The highest BCUT2D eigenvalue weighted by Gasteiger charge is 2.58. The summed E-state index contributed by atoms with van der Waals surface area (Å²) in [6, 6.07) is 13.4. The molecule has 46 heavy (non-hydrogen) atoms. The van der Waals surface area contributed by atoms with E-state index in [0.29, 0.717) is 19.6 Å². The summed E-state index contributed by atoms with van der Waals surface area (Å²) >= 11 is 1.15. The second-order valence-electron chi connectivity index (χ2n) is 13.0. The van der Waals surface area contributed by atoms with Crippen LogP contribution in [0.3, 0.4) is 0 Å². The lowest BCUT2D eigenvalue weighted by Crippen LogP contribution is -2.63. The van der Waals surface area contributed by atoms with E-state index in [9.17, 15) is 39.2 Å². The highest BCUT2D eigenvalue weighted by Crippen LogP contribution is 2.50. The first-order valence-corrected chi connectivity index (χ1v) is 16.1. The molecule has 1 saturated heterocycles. The minimum Gasteiger partial charge on any atom is -0.481 e. The Bertz CT molecular complexity index is 1490. The maximum atomic E-state index is 13.9. The summed E-state index contributed by atoms with van der Waals surface area (Å²) < 4.78 is 20.3. The fraction of sp³-hybridized carbons (Fsp3) is 0.500. The topological polar surface area (TPSA) is 157 Å². The maximum Gasteiger partial charge on any atom is 0.337 e. The van der Waals surface area contributed by atoms with E-state index < -0.39 is 46.9 Å². The molecule has 5 atom stereocenters. The molecule has 1 aromatic carbocycles. The lowest BCUT2D eigenvalue weighted by atomic mass is 9.70. The Morgan fingerprint density at radius 2 is 1.83 bits per heavy atom. The zero-order valence-corrected chi connectivity index (χ0v) is 27.3. The number of carboxylic acids is 3. The van der Waals surface area contributed by atoms with Crippen molar-refractivity contribution < 1.29 is 43.9 Å². The predicted octanol–water partition coefficient (Wildman–Crippen LogP) is 4.86. The van der Waals surface area contributed by atoms with Crippen molar-refractivity contribution >= 4 is 29.2 Å². The van der Waals surface area contributed by atoms with E-state index in [1.54, 1.807) is 12.3 Å². The average Bonchev–Trinajstić information content (AvgIpc) is 3.62. The van der Waals surface area contributed by atoms with Crippen molar-refractivity contribution in [3.8, 4) is 0 Å². The number of nitrogens with one attached hydrogen (secondary N) is 1. The van der Waals surface area contributed by atoms with E-state index in [2.05, 4.69) is 22.3 Å². The Balaban J connectivity index is 1.63. The third kappa shape index (κ3) is 7.05. The summed E-state index contributed by atoms with van der Waals surface area (Å²) in [6.45, 7) is 9.38. The molecule has 0 bridgehead atoms. The van der Waals surface area contributed by atoms with Crippen molar-refractivity contribution in [1.82, 2.24) is 10.2 Å². The van der Waals surface area contributed by atoms with Gasteiger partial charge in [-0.1, -0.05) is 42.5 Å². The smallest absolute Gasteiger partial charge is 0.337 e. The largest absolute Gasteiger partial charge is 0.481 e. The van der Waals surface area contributed by atoms with Crippen molar-refractivity contribution in [2.45, 2.75) is 76.2 Å². The highest BCUT2D eigenvalue weighted by molar-refractivity contribution is 7.10. The Morgan fingerprint density at radius 1 is 1.13 bits per heavy atom. The molecule has 250 valence electrons. The van der Waals surface area contributed by atoms with Crippen LogP contribution in [0.2, 0.25) is 0 Å². The van der Waals surface area contributed by atoms with Crippen LogP contribution in [-0.4, -0.2) is 79.6 Å². The van der Waals surface area contributed by atoms with E-state index in [1.165, 1.54) is 19.1 Å². The molecular formula is C34H43FN2O8S. The molecule has 2 aromatic rings. The Kier molecular flexibility index (Phi) is 10.5. The van der Waals surface area contributed by atoms with Crippen molar-refractivity contribution in [2.24, 2.45) is 11.3 Å². The predicted molar refractivity (Wildman–Crippen MR) is 171 cm³/mol. The number of aliphatic hydroxyl groups is 1. The molecule has 0 saturated carbocycles. The van der Waals surface area contributed by atoms with E-state index in [4.69, 9.17) is 4.74 Å². The van der Waals surface area contributed by atoms with Gasteiger partial charge in [-0.3, -0.25) is 14.5 Å². The lowest BCUT2D eigenvalue weighted by molar-refractivity contribution is -0.182. The Hall–Kier alpha value is -3.58. The number of thiophene rings is 1. The normalized spacial score (nSPS) is 24.4. The minimum absolute atomic E-state index is 0.208. The summed E-state index contributed by atoms with van der Waals surface area (Å²) in [4.78, 5) is 39.1. The first-order valence-electron chi connectivity index (χ1n) is 15.3. The van der Waals surface area contributed by atoms with Gasteiger partial charge in [0.05, 0.1) is 18.1 Å². The van der Waals surface area contributed by atoms with Crippen LogP contribution in [0.5, 0.6) is 0 Å². The molecule has 3 heterocycles. The van der Waals surface area contributed by atoms with Gasteiger partial charge < -0.3 is 30.5 Å². The van der Waals surface area contributed by atoms with Crippen LogP contribution in [0.4, 0.5) is 4.39 Å². The molecular weight excluding hydrogens is 615 g/mol. The van der Waals surface area contributed by atoms with Gasteiger partial charge in [0.2, 0.25) is 0 Å². The molecule has 1 fully saturated rings. The van der Waals surface area contributed by atoms with Crippen LogP contribution in [0, 0.1) is 16.5 Å². The van der Waals surface area contributed by atoms with Crippen molar-refractivity contribution in [2.75, 3.05) is 19.7 Å². The number of dihydropyridines is 1. The number of aliphatic carboxylic acids is 3. The van der Waals surface area contributed by atoms with Gasteiger partial charge in [-0.15, -0.1) is 11.3 Å². The highest BCUT2D eigenvalue weighted by atomic mass is 32.1. The van der Waals surface area contributed by atoms with Crippen molar-refractivity contribution in [3.05, 3.63) is 82.0 Å². The second kappa shape index (κ2) is 13.6. The van der Waals surface area contributed by atoms with Gasteiger partial charge in [-0.25, -0.2) is 4.79 Å². The number of rotatable bonds is 15. The maximum absolute atomic E-state index is 13.9. The van der Waals surface area contributed by atoms with E-state index >= 15 is 0 Å². The van der Waals surface area contributed by atoms with Gasteiger partial charge in [-0.05, 0) is 76.8 Å². The molecule has 12 heteroatoms. The zero-order valence-electron chi connectivity index (χ0n) is 26.5. The zero-order chi connectivity index (χ0) is 33.9. The molecule has 5 N–H and O–H groups in total. The first kappa shape index (κ1) is 35.3. The summed E-state index contributed by atoms with van der Waals surface area (Å²) in [5, 5.41) is 42.7. The number of benzene rings is 1. The van der Waals surface area contributed by atoms with Gasteiger partial charge in [0.25, 0.3) is 0 Å². The number of hydrogen-bond donors (Lipinski definition) is 5. The van der Waals surface area contributed by atoms with E-state index in [0.717, 1.165) is 46.7 Å². The number of halogens is 1. The first-order chi connectivity index (χ1) is 21.6. The number of carbonyl (C=O) groups is 3. The van der Waals surface area contributed by atoms with Crippen molar-refractivity contribution in [3.63, 3.8) is 0 Å². The summed E-state index contributed by atoms with van der Waals surface area (Å²) in [5.74, 6) is -7.25. The van der Waals surface area contributed by atoms with Gasteiger partial charge in [0.15, 0.2) is 10.7 Å². The van der Waals surface area contributed by atoms with Gasteiger partial charge in [-0.2, -0.15) is 4.39 Å². The molecule has 0 spiro atoms. The number of hydrogen-bond acceptors (Lipinski definition) is 8. The number of ether oxygens (including phenoxy) is 1. The standard InChI is InChI=1S/C34H43FN2O8S/c1-5-45-28(22-9-7-6-8-10-22)33(16-14-24-11-12-25(35)46-24)17-18-37(21-33)31(2,3)23-13-15-32(4,36-20-23)27(29(40)41)34(44,30(42)43)19-26(38)39/h6-13,15,20,27-28,36,44H,5,14,16-19,21H2,1-4H3,(H,38,39)(H,40,41)(H,42,43)/t27?,28-,32?,33+,34?/m0/s1. The minimum atomic E-state index is -3.07. The van der Waals surface area contributed by atoms with Crippen LogP contribution in [-0.2, 0) is 25.5 Å². The van der Waals surface area contributed by atoms with Gasteiger partial charge in [0.1, 0.15) is 5.92 Å². The average molecular weight is 659 g/mol. The third-order valence-corrected chi connectivity index (χ3v) is 10.6. The molecule has 3 unspecified atom stereocenters. The van der Waals surface area contributed by atoms with Gasteiger partial charge >= 0.3 is 17.9 Å². The lowest BCUT2D eigenvalue weighted by Gasteiger charge is -2.45. The van der Waals surface area contributed by atoms with E-state index in [-0.39, 0.29) is 16.6 Å². The second-order valence-corrected chi connectivity index (χ2v) is 14.1. The number of likely N-dealkylation sites (tertiary alicyclic amines) is 1.